The van der Waals surface area contributed by atoms with Crippen LogP contribution in [0, 0.1) is 0 Å². The Morgan fingerprint density at radius 1 is 1.03 bits per heavy atom. The Morgan fingerprint density at radius 2 is 1.85 bits per heavy atom. The second-order valence-electron chi connectivity index (χ2n) is 7.42. The van der Waals surface area contributed by atoms with Gasteiger partial charge in [-0.05, 0) is 42.5 Å². The minimum absolute atomic E-state index is 0.120. The highest BCUT2D eigenvalue weighted by molar-refractivity contribution is 5.81. The molecule has 0 unspecified atom stereocenters. The molecular weight excluding hydrogens is 433 g/mol. The molecule has 0 fully saturated rings. The number of halogens is 3. The van der Waals surface area contributed by atoms with Gasteiger partial charge in [0.1, 0.15) is 5.75 Å². The SMILES string of the molecule is COc1cncc(C2=CC=C3NC=c4ccc(=O)n(-c5cccc(C(F)(F)F)c5)c4=C3N2)c1. The number of pyridine rings is 2. The van der Waals surface area contributed by atoms with Gasteiger partial charge >= 0.3 is 6.18 Å². The molecule has 2 aliphatic rings. The van der Waals surface area contributed by atoms with Crippen LogP contribution in [-0.2, 0) is 6.18 Å². The van der Waals surface area contributed by atoms with Crippen molar-refractivity contribution in [1.29, 1.82) is 0 Å². The van der Waals surface area contributed by atoms with E-state index in [0.717, 1.165) is 17.7 Å². The molecule has 0 amide bonds. The molecule has 2 aliphatic heterocycles. The summed E-state index contributed by atoms with van der Waals surface area (Å²) in [5.41, 5.74) is 1.52. The largest absolute Gasteiger partial charge is 0.495 e. The molecule has 0 saturated heterocycles. The fourth-order valence-corrected chi connectivity index (χ4v) is 3.81. The van der Waals surface area contributed by atoms with Crippen molar-refractivity contribution in [1.82, 2.24) is 20.2 Å². The topological polar surface area (TPSA) is 68.2 Å². The second kappa shape index (κ2) is 7.70. The maximum Gasteiger partial charge on any atom is 0.416 e. The van der Waals surface area contributed by atoms with Crippen LogP contribution < -0.4 is 31.5 Å². The van der Waals surface area contributed by atoms with Gasteiger partial charge in [-0.3, -0.25) is 14.3 Å². The van der Waals surface area contributed by atoms with Gasteiger partial charge in [-0.1, -0.05) is 6.07 Å². The number of nitrogens with one attached hydrogen (secondary N) is 2. The van der Waals surface area contributed by atoms with Crippen molar-refractivity contribution in [2.24, 2.45) is 0 Å². The number of allylic oxidation sites excluding steroid dienone is 2. The number of fused-ring (bicyclic) bond motifs is 2. The van der Waals surface area contributed by atoms with E-state index in [-0.39, 0.29) is 5.69 Å². The number of hydrogen-bond acceptors (Lipinski definition) is 5. The molecule has 1 aromatic carbocycles. The van der Waals surface area contributed by atoms with Gasteiger partial charge in [-0.25, -0.2) is 0 Å². The standard InChI is InChI=1S/C24H17F3N4O2/c1-33-18-9-15(11-28-13-18)19-6-7-20-22(30-19)23-14(12-29-20)5-8-21(32)31(23)17-4-2-3-16(10-17)24(25,26)27/h2-13,29-30H,1H3. The third-order valence-corrected chi connectivity index (χ3v) is 5.38. The van der Waals surface area contributed by atoms with Crippen molar-refractivity contribution in [2.45, 2.75) is 6.18 Å². The quantitative estimate of drug-likeness (QED) is 0.641. The maximum atomic E-state index is 13.3. The molecule has 0 bridgehead atoms. The van der Waals surface area contributed by atoms with Crippen LogP contribution >= 0.6 is 0 Å². The van der Waals surface area contributed by atoms with Gasteiger partial charge in [0.15, 0.2) is 0 Å². The molecule has 0 saturated carbocycles. The van der Waals surface area contributed by atoms with E-state index >= 15 is 0 Å². The Bertz CT molecular complexity index is 1520. The summed E-state index contributed by atoms with van der Waals surface area (Å²) in [5, 5.41) is 7.57. The number of nitrogens with zero attached hydrogens (tertiary/aromatic N) is 2. The molecule has 9 heteroatoms. The van der Waals surface area contributed by atoms with Gasteiger partial charge in [-0.2, -0.15) is 13.2 Å². The summed E-state index contributed by atoms with van der Waals surface area (Å²) >= 11 is 0. The average Bonchev–Trinajstić information content (AvgIpc) is 2.83. The van der Waals surface area contributed by atoms with Crippen LogP contribution in [0.3, 0.4) is 0 Å². The van der Waals surface area contributed by atoms with Crippen LogP contribution in [0.2, 0.25) is 0 Å². The Hall–Kier alpha value is -4.27. The minimum Gasteiger partial charge on any atom is -0.495 e. The molecule has 6 nitrogen and oxygen atoms in total. The van der Waals surface area contributed by atoms with E-state index in [1.807, 2.05) is 12.2 Å². The maximum absolute atomic E-state index is 13.3. The van der Waals surface area contributed by atoms with Crippen LogP contribution in [-0.4, -0.2) is 16.7 Å². The summed E-state index contributed by atoms with van der Waals surface area (Å²) in [5.74, 6) is 0.575. The van der Waals surface area contributed by atoms with Crippen molar-refractivity contribution < 1.29 is 17.9 Å². The molecule has 0 radical (unpaired) electrons. The van der Waals surface area contributed by atoms with E-state index in [9.17, 15) is 18.0 Å². The number of ether oxygens (including phenoxy) is 1. The molecule has 33 heavy (non-hydrogen) atoms. The van der Waals surface area contributed by atoms with Crippen LogP contribution in [0.25, 0.3) is 23.3 Å². The molecule has 3 aromatic rings. The molecule has 0 atom stereocenters. The van der Waals surface area contributed by atoms with Crippen LogP contribution in [0.1, 0.15) is 11.1 Å². The number of dihydropyridines is 1. The first-order valence-corrected chi connectivity index (χ1v) is 9.95. The first-order valence-electron chi connectivity index (χ1n) is 9.95. The molecule has 5 rings (SSSR count). The predicted octanol–water partition coefficient (Wildman–Crippen LogP) is 2.24. The van der Waals surface area contributed by atoms with Gasteiger partial charge in [-0.15, -0.1) is 0 Å². The molecule has 2 N–H and O–H groups in total. The van der Waals surface area contributed by atoms with E-state index in [1.165, 1.54) is 22.8 Å². The van der Waals surface area contributed by atoms with Crippen LogP contribution in [0.5, 0.6) is 5.75 Å². The van der Waals surface area contributed by atoms with Gasteiger partial charge < -0.3 is 15.4 Å². The Kier molecular flexibility index (Phi) is 4.81. The summed E-state index contributed by atoms with van der Waals surface area (Å²) in [6.07, 6.45) is 4.10. The summed E-state index contributed by atoms with van der Waals surface area (Å²) in [6.45, 7) is 0. The molecule has 2 aromatic heterocycles. The van der Waals surface area contributed by atoms with Crippen molar-refractivity contribution in [3.05, 3.63) is 105 Å². The van der Waals surface area contributed by atoms with Gasteiger partial charge in [0, 0.05) is 40.6 Å². The zero-order valence-electron chi connectivity index (χ0n) is 17.3. The summed E-state index contributed by atoms with van der Waals surface area (Å²) in [6, 6.07) is 9.49. The highest BCUT2D eigenvalue weighted by Crippen LogP contribution is 2.30. The first kappa shape index (κ1) is 20.6. The normalized spacial score (nSPS) is 14.6. The average molecular weight is 450 g/mol. The van der Waals surface area contributed by atoms with E-state index in [1.54, 1.807) is 37.8 Å². The fraction of sp³-hybridized carbons (Fsp3) is 0.0833. The Labute approximate surface area is 185 Å². The second-order valence-corrected chi connectivity index (χ2v) is 7.42. The number of alkyl halides is 3. The highest BCUT2D eigenvalue weighted by atomic mass is 19.4. The first-order chi connectivity index (χ1) is 15.8. The lowest BCUT2D eigenvalue weighted by atomic mass is 10.1. The van der Waals surface area contributed by atoms with Crippen molar-refractivity contribution in [2.75, 3.05) is 7.11 Å². The molecule has 0 spiro atoms. The van der Waals surface area contributed by atoms with E-state index < -0.39 is 17.3 Å². The molecule has 0 aliphatic carbocycles. The van der Waals surface area contributed by atoms with Crippen molar-refractivity contribution in [3.63, 3.8) is 0 Å². The summed E-state index contributed by atoms with van der Waals surface area (Å²) < 4.78 is 46.5. The third kappa shape index (κ3) is 3.67. The number of hydrogen-bond donors (Lipinski definition) is 2. The van der Waals surface area contributed by atoms with Crippen molar-refractivity contribution >= 4 is 17.6 Å². The van der Waals surface area contributed by atoms with E-state index in [0.29, 0.717) is 33.4 Å². The number of aromatic nitrogens is 2. The van der Waals surface area contributed by atoms with Crippen LogP contribution in [0.4, 0.5) is 13.2 Å². The Morgan fingerprint density at radius 3 is 2.64 bits per heavy atom. The fourth-order valence-electron chi connectivity index (χ4n) is 3.81. The molecule has 4 heterocycles. The lowest BCUT2D eigenvalue weighted by Crippen LogP contribution is -2.49. The minimum atomic E-state index is -4.53. The molecule has 166 valence electrons. The lowest BCUT2D eigenvalue weighted by Gasteiger charge is -2.25. The summed E-state index contributed by atoms with van der Waals surface area (Å²) in [7, 11) is 1.54. The van der Waals surface area contributed by atoms with E-state index in [2.05, 4.69) is 15.6 Å². The number of benzene rings is 1. The smallest absolute Gasteiger partial charge is 0.416 e. The van der Waals surface area contributed by atoms with Gasteiger partial charge in [0.25, 0.3) is 5.56 Å². The monoisotopic (exact) mass is 450 g/mol. The van der Waals surface area contributed by atoms with Crippen molar-refractivity contribution in [3.8, 4) is 11.4 Å². The predicted molar refractivity (Wildman–Crippen MR) is 117 cm³/mol. The zero-order valence-corrected chi connectivity index (χ0v) is 17.3. The highest BCUT2D eigenvalue weighted by Gasteiger charge is 2.31. The molecular formula is C24H17F3N4O2. The van der Waals surface area contributed by atoms with Gasteiger partial charge in [0.05, 0.1) is 35.6 Å². The Balaban J connectivity index is 1.74. The summed E-state index contributed by atoms with van der Waals surface area (Å²) in [4.78, 5) is 17.1. The van der Waals surface area contributed by atoms with Gasteiger partial charge in [0.2, 0.25) is 0 Å². The zero-order chi connectivity index (χ0) is 23.2. The van der Waals surface area contributed by atoms with Crippen LogP contribution in [0.15, 0.2) is 77.5 Å². The number of methoxy groups -OCH3 is 1. The van der Waals surface area contributed by atoms with E-state index in [4.69, 9.17) is 4.74 Å². The number of rotatable bonds is 3. The third-order valence-electron chi connectivity index (χ3n) is 5.38. The lowest BCUT2D eigenvalue weighted by molar-refractivity contribution is -0.137.